The molecule has 0 bridgehead atoms. The summed E-state index contributed by atoms with van der Waals surface area (Å²) in [6.07, 6.45) is 0. The molecule has 3 rings (SSSR count). The van der Waals surface area contributed by atoms with Crippen LogP contribution in [-0.4, -0.2) is 54.8 Å². The summed E-state index contributed by atoms with van der Waals surface area (Å²) < 4.78 is 0. The van der Waals surface area contributed by atoms with E-state index in [1.165, 1.54) is 0 Å². The number of nitrogens with two attached hydrogens (primary N) is 1. The van der Waals surface area contributed by atoms with Crippen LogP contribution in [0.5, 0.6) is 0 Å². The molecular formula is C20H24N4O2S. The van der Waals surface area contributed by atoms with Crippen LogP contribution >= 0.6 is 12.6 Å². The summed E-state index contributed by atoms with van der Waals surface area (Å²) in [5.74, 6) is -0.431. The maximum atomic E-state index is 13.2. The molecule has 1 fully saturated rings. The Morgan fingerprint density at radius 1 is 1.07 bits per heavy atom. The SMILES string of the molecule is Cc1c(S)ccc(NC(=O)c2ccccc2N)c1C(=O)N1CCN(C)CC1. The van der Waals surface area contributed by atoms with Crippen molar-refractivity contribution in [2.45, 2.75) is 11.8 Å². The van der Waals surface area contributed by atoms with E-state index >= 15 is 0 Å². The Kier molecular flexibility index (Phi) is 5.72. The number of amides is 2. The molecule has 2 aromatic carbocycles. The van der Waals surface area contributed by atoms with Crippen molar-refractivity contribution in [3.8, 4) is 0 Å². The topological polar surface area (TPSA) is 78.7 Å². The van der Waals surface area contributed by atoms with Crippen molar-refractivity contribution < 1.29 is 9.59 Å². The predicted octanol–water partition coefficient (Wildman–Crippen LogP) is 2.51. The minimum atomic E-state index is -0.341. The van der Waals surface area contributed by atoms with Crippen LogP contribution in [-0.2, 0) is 0 Å². The van der Waals surface area contributed by atoms with Crippen LogP contribution in [0.3, 0.4) is 0 Å². The summed E-state index contributed by atoms with van der Waals surface area (Å²) in [5, 5.41) is 2.85. The number of nitrogen functional groups attached to an aromatic ring is 1. The summed E-state index contributed by atoms with van der Waals surface area (Å²) in [7, 11) is 2.04. The lowest BCUT2D eigenvalue weighted by molar-refractivity contribution is 0.0664. The highest BCUT2D eigenvalue weighted by Crippen LogP contribution is 2.28. The number of thiol groups is 1. The van der Waals surface area contributed by atoms with Gasteiger partial charge in [-0.2, -0.15) is 0 Å². The van der Waals surface area contributed by atoms with Gasteiger partial charge in [-0.15, -0.1) is 12.6 Å². The molecule has 2 aromatic rings. The number of hydrogen-bond acceptors (Lipinski definition) is 5. The van der Waals surface area contributed by atoms with Crippen LogP contribution < -0.4 is 11.1 Å². The van der Waals surface area contributed by atoms with Crippen LogP contribution in [0.4, 0.5) is 11.4 Å². The van der Waals surface area contributed by atoms with Crippen molar-refractivity contribution in [2.75, 3.05) is 44.3 Å². The molecule has 1 aliphatic heterocycles. The summed E-state index contributed by atoms with van der Waals surface area (Å²) >= 11 is 4.45. The molecule has 0 atom stereocenters. The van der Waals surface area contributed by atoms with E-state index in [4.69, 9.17) is 5.73 Å². The van der Waals surface area contributed by atoms with Crippen molar-refractivity contribution in [3.05, 3.63) is 53.1 Å². The molecule has 0 unspecified atom stereocenters. The molecule has 27 heavy (non-hydrogen) atoms. The van der Waals surface area contributed by atoms with Gasteiger partial charge in [0.1, 0.15) is 0 Å². The van der Waals surface area contributed by atoms with E-state index in [0.29, 0.717) is 40.5 Å². The number of rotatable bonds is 3. The zero-order valence-corrected chi connectivity index (χ0v) is 16.4. The second kappa shape index (κ2) is 8.02. The summed E-state index contributed by atoms with van der Waals surface area (Å²) in [6, 6.07) is 10.4. The number of nitrogens with one attached hydrogen (secondary N) is 1. The van der Waals surface area contributed by atoms with E-state index in [2.05, 4.69) is 22.8 Å². The Balaban J connectivity index is 1.92. The number of benzene rings is 2. The van der Waals surface area contributed by atoms with Gasteiger partial charge in [0.2, 0.25) is 0 Å². The fourth-order valence-electron chi connectivity index (χ4n) is 3.14. The van der Waals surface area contributed by atoms with Gasteiger partial charge in [-0.05, 0) is 43.8 Å². The van der Waals surface area contributed by atoms with Gasteiger partial charge < -0.3 is 20.9 Å². The van der Waals surface area contributed by atoms with Crippen molar-refractivity contribution in [2.24, 2.45) is 0 Å². The standard InChI is InChI=1S/C20H24N4O2S/c1-13-17(27)8-7-16(22-19(25)14-5-3-4-6-15(14)21)18(13)20(26)24-11-9-23(2)10-12-24/h3-8,27H,9-12,21H2,1-2H3,(H,22,25). The molecule has 2 amide bonds. The average Bonchev–Trinajstić information content (AvgIpc) is 2.65. The van der Waals surface area contributed by atoms with Gasteiger partial charge in [0.25, 0.3) is 11.8 Å². The maximum absolute atomic E-state index is 13.2. The van der Waals surface area contributed by atoms with Gasteiger partial charge in [0, 0.05) is 36.8 Å². The number of nitrogens with zero attached hydrogens (tertiary/aromatic N) is 2. The highest BCUT2D eigenvalue weighted by Gasteiger charge is 2.25. The Bertz CT molecular complexity index is 876. The van der Waals surface area contributed by atoms with Gasteiger partial charge in [-0.3, -0.25) is 9.59 Å². The fraction of sp³-hybridized carbons (Fsp3) is 0.300. The number of carbonyl (C=O) groups is 2. The minimum Gasteiger partial charge on any atom is -0.398 e. The molecule has 1 saturated heterocycles. The molecule has 6 nitrogen and oxygen atoms in total. The molecule has 3 N–H and O–H groups in total. The quantitative estimate of drug-likeness (QED) is 0.561. The smallest absolute Gasteiger partial charge is 0.257 e. The second-order valence-electron chi connectivity index (χ2n) is 6.77. The fourth-order valence-corrected chi connectivity index (χ4v) is 3.33. The third-order valence-corrected chi connectivity index (χ3v) is 5.38. The molecule has 0 saturated carbocycles. The molecule has 0 aromatic heterocycles. The molecule has 1 heterocycles. The molecule has 0 aliphatic carbocycles. The molecule has 1 aliphatic rings. The van der Waals surface area contributed by atoms with Crippen LogP contribution in [0, 0.1) is 6.92 Å². The number of carbonyl (C=O) groups excluding carboxylic acids is 2. The van der Waals surface area contributed by atoms with Gasteiger partial charge in [-0.1, -0.05) is 12.1 Å². The monoisotopic (exact) mass is 384 g/mol. The summed E-state index contributed by atoms with van der Waals surface area (Å²) in [4.78, 5) is 30.6. The average molecular weight is 385 g/mol. The first kappa shape index (κ1) is 19.3. The van der Waals surface area contributed by atoms with Gasteiger partial charge in [0.05, 0.1) is 16.8 Å². The lowest BCUT2D eigenvalue weighted by atomic mass is 10.0. The largest absolute Gasteiger partial charge is 0.398 e. The maximum Gasteiger partial charge on any atom is 0.257 e. The van der Waals surface area contributed by atoms with Crippen LogP contribution in [0.1, 0.15) is 26.3 Å². The first-order valence-electron chi connectivity index (χ1n) is 8.84. The minimum absolute atomic E-state index is 0.0900. The van der Waals surface area contributed by atoms with Crippen molar-refractivity contribution >= 4 is 35.8 Å². The summed E-state index contributed by atoms with van der Waals surface area (Å²) in [6.45, 7) is 4.81. The molecular weight excluding hydrogens is 360 g/mol. The molecule has 142 valence electrons. The van der Waals surface area contributed by atoms with Crippen molar-refractivity contribution in [1.82, 2.24) is 9.80 Å². The van der Waals surface area contributed by atoms with E-state index in [1.807, 2.05) is 18.9 Å². The third-order valence-electron chi connectivity index (χ3n) is 4.89. The first-order chi connectivity index (χ1) is 12.9. The Morgan fingerprint density at radius 2 is 1.74 bits per heavy atom. The van der Waals surface area contributed by atoms with E-state index in [0.717, 1.165) is 18.7 Å². The van der Waals surface area contributed by atoms with Gasteiger partial charge in [0.15, 0.2) is 0 Å². The normalized spacial score (nSPS) is 14.9. The predicted molar refractivity (Wildman–Crippen MR) is 111 cm³/mol. The summed E-state index contributed by atoms with van der Waals surface area (Å²) in [5.41, 5.74) is 8.38. The van der Waals surface area contributed by atoms with Crippen LogP contribution in [0.15, 0.2) is 41.3 Å². The molecule has 7 heteroatoms. The Labute approximate surface area is 164 Å². The third kappa shape index (κ3) is 4.09. The van der Waals surface area contributed by atoms with Gasteiger partial charge >= 0.3 is 0 Å². The van der Waals surface area contributed by atoms with Gasteiger partial charge in [-0.25, -0.2) is 0 Å². The Morgan fingerprint density at radius 3 is 2.41 bits per heavy atom. The zero-order valence-electron chi connectivity index (χ0n) is 15.5. The Hall–Kier alpha value is -2.51. The highest BCUT2D eigenvalue weighted by atomic mass is 32.1. The number of anilines is 2. The lowest BCUT2D eigenvalue weighted by Crippen LogP contribution is -2.47. The number of hydrogen-bond donors (Lipinski definition) is 3. The number of para-hydroxylation sites is 1. The lowest BCUT2D eigenvalue weighted by Gasteiger charge is -2.33. The zero-order chi connectivity index (χ0) is 19.6. The number of piperazine rings is 1. The van der Waals surface area contributed by atoms with Crippen LogP contribution in [0.25, 0.3) is 0 Å². The first-order valence-corrected chi connectivity index (χ1v) is 9.29. The molecule has 0 spiro atoms. The van der Waals surface area contributed by atoms with Crippen molar-refractivity contribution in [3.63, 3.8) is 0 Å². The van der Waals surface area contributed by atoms with E-state index in [9.17, 15) is 9.59 Å². The number of likely N-dealkylation sites (N-methyl/N-ethyl adjacent to an activating group) is 1. The van der Waals surface area contributed by atoms with E-state index in [-0.39, 0.29) is 11.8 Å². The molecule has 0 radical (unpaired) electrons. The van der Waals surface area contributed by atoms with E-state index in [1.54, 1.807) is 36.4 Å². The second-order valence-corrected chi connectivity index (χ2v) is 7.25. The van der Waals surface area contributed by atoms with Crippen molar-refractivity contribution in [1.29, 1.82) is 0 Å². The van der Waals surface area contributed by atoms with E-state index < -0.39 is 0 Å². The highest BCUT2D eigenvalue weighted by molar-refractivity contribution is 7.80. The van der Waals surface area contributed by atoms with Crippen LogP contribution in [0.2, 0.25) is 0 Å².